The van der Waals surface area contributed by atoms with Gasteiger partial charge in [0.05, 0.1) is 6.26 Å². The number of furan rings is 1. The van der Waals surface area contributed by atoms with Gasteiger partial charge in [-0.05, 0) is 23.5 Å². The van der Waals surface area contributed by atoms with Gasteiger partial charge in [0.25, 0.3) is 0 Å². The van der Waals surface area contributed by atoms with Crippen molar-refractivity contribution in [2.24, 2.45) is 11.3 Å². The highest BCUT2D eigenvalue weighted by molar-refractivity contribution is 5.77. The Morgan fingerprint density at radius 1 is 1.39 bits per heavy atom. The molecule has 6 nitrogen and oxygen atoms in total. The largest absolute Gasteiger partial charge is 0.461 e. The first-order valence-electron chi connectivity index (χ1n) is 7.97. The lowest BCUT2D eigenvalue weighted by molar-refractivity contribution is -0.124. The van der Waals surface area contributed by atoms with E-state index in [-0.39, 0.29) is 23.3 Å². The lowest BCUT2D eigenvalue weighted by Crippen LogP contribution is -2.34. The van der Waals surface area contributed by atoms with Crippen LogP contribution >= 0.6 is 0 Å². The number of rotatable bonds is 6. The van der Waals surface area contributed by atoms with E-state index in [2.05, 4.69) is 29.3 Å². The van der Waals surface area contributed by atoms with E-state index in [0.717, 1.165) is 6.42 Å². The van der Waals surface area contributed by atoms with Crippen LogP contribution in [0, 0.1) is 11.3 Å². The molecule has 2 aromatic heterocycles. The minimum atomic E-state index is -0.300. The van der Waals surface area contributed by atoms with Gasteiger partial charge in [0.1, 0.15) is 6.04 Å². The Hall–Kier alpha value is -2.11. The van der Waals surface area contributed by atoms with Crippen molar-refractivity contribution in [1.82, 2.24) is 15.5 Å². The average Bonchev–Trinajstić information content (AvgIpc) is 3.12. The van der Waals surface area contributed by atoms with Crippen LogP contribution < -0.4 is 5.32 Å². The summed E-state index contributed by atoms with van der Waals surface area (Å²) in [5, 5.41) is 6.98. The van der Waals surface area contributed by atoms with Crippen LogP contribution in [-0.4, -0.2) is 16.0 Å². The van der Waals surface area contributed by atoms with Crippen molar-refractivity contribution >= 4 is 5.91 Å². The van der Waals surface area contributed by atoms with E-state index in [0.29, 0.717) is 23.9 Å². The number of hydrogen-bond donors (Lipinski definition) is 1. The van der Waals surface area contributed by atoms with Gasteiger partial charge in [-0.3, -0.25) is 4.79 Å². The number of nitrogens with zero attached hydrogens (tertiary/aromatic N) is 2. The maximum Gasteiger partial charge on any atom is 0.249 e. The van der Waals surface area contributed by atoms with E-state index in [1.165, 1.54) is 0 Å². The molecule has 2 heterocycles. The van der Waals surface area contributed by atoms with Crippen LogP contribution in [0.1, 0.15) is 59.4 Å². The fourth-order valence-corrected chi connectivity index (χ4v) is 2.26. The lowest BCUT2D eigenvalue weighted by Gasteiger charge is -2.23. The van der Waals surface area contributed by atoms with Gasteiger partial charge in [0.15, 0.2) is 5.76 Å². The van der Waals surface area contributed by atoms with Gasteiger partial charge in [0, 0.05) is 6.42 Å². The molecule has 126 valence electrons. The Morgan fingerprint density at radius 3 is 2.70 bits per heavy atom. The van der Waals surface area contributed by atoms with Crippen LogP contribution in [0.2, 0.25) is 0 Å². The minimum Gasteiger partial charge on any atom is -0.461 e. The van der Waals surface area contributed by atoms with Crippen LogP contribution in [0.3, 0.4) is 0 Å². The Kier molecular flexibility index (Phi) is 5.23. The summed E-state index contributed by atoms with van der Waals surface area (Å²) < 4.78 is 10.6. The maximum atomic E-state index is 12.3. The molecule has 2 aromatic rings. The van der Waals surface area contributed by atoms with Gasteiger partial charge in [-0.15, -0.1) is 0 Å². The standard InChI is InChI=1S/C17H25N3O3/c1-6-11(2)14(18-13(21)10-17(3,4)5)16-19-15(20-23-16)12-8-7-9-22-12/h7-9,11,14H,6,10H2,1-5H3,(H,18,21)/t11-,14+/m0/s1. The zero-order valence-electron chi connectivity index (χ0n) is 14.4. The van der Waals surface area contributed by atoms with E-state index < -0.39 is 0 Å². The first-order chi connectivity index (χ1) is 10.8. The second-order valence-corrected chi connectivity index (χ2v) is 7.10. The molecule has 0 aliphatic rings. The highest BCUT2D eigenvalue weighted by Crippen LogP contribution is 2.27. The van der Waals surface area contributed by atoms with Crippen LogP contribution in [0.4, 0.5) is 0 Å². The molecule has 23 heavy (non-hydrogen) atoms. The van der Waals surface area contributed by atoms with Gasteiger partial charge < -0.3 is 14.3 Å². The summed E-state index contributed by atoms with van der Waals surface area (Å²) in [6, 6.07) is 3.24. The molecule has 0 saturated carbocycles. The molecular weight excluding hydrogens is 294 g/mol. The third-order valence-electron chi connectivity index (χ3n) is 3.67. The molecule has 0 aromatic carbocycles. The molecule has 0 spiro atoms. The topological polar surface area (TPSA) is 81.2 Å². The third kappa shape index (κ3) is 4.68. The zero-order chi connectivity index (χ0) is 17.0. The molecule has 1 amide bonds. The summed E-state index contributed by atoms with van der Waals surface area (Å²) in [6.07, 6.45) is 2.89. The van der Waals surface area contributed by atoms with Gasteiger partial charge in [-0.1, -0.05) is 46.2 Å². The molecule has 0 radical (unpaired) electrons. The molecule has 1 N–H and O–H groups in total. The number of nitrogens with one attached hydrogen (secondary N) is 1. The van der Waals surface area contributed by atoms with E-state index in [1.807, 2.05) is 20.8 Å². The summed E-state index contributed by atoms with van der Waals surface area (Å²) in [5.41, 5.74) is -0.0712. The predicted molar refractivity (Wildman–Crippen MR) is 86.4 cm³/mol. The van der Waals surface area contributed by atoms with Crippen LogP contribution in [-0.2, 0) is 4.79 Å². The maximum absolute atomic E-state index is 12.3. The van der Waals surface area contributed by atoms with Crippen molar-refractivity contribution in [3.05, 3.63) is 24.3 Å². The average molecular weight is 319 g/mol. The van der Waals surface area contributed by atoms with Crippen molar-refractivity contribution in [3.8, 4) is 11.6 Å². The number of amides is 1. The summed E-state index contributed by atoms with van der Waals surface area (Å²) in [7, 11) is 0. The van der Waals surface area contributed by atoms with Crippen molar-refractivity contribution in [2.45, 2.75) is 53.5 Å². The SMILES string of the molecule is CC[C@H](C)[C@@H](NC(=O)CC(C)(C)C)c1nc(-c2ccco2)no1. The van der Waals surface area contributed by atoms with Crippen molar-refractivity contribution in [3.63, 3.8) is 0 Å². The molecule has 2 atom stereocenters. The highest BCUT2D eigenvalue weighted by Gasteiger charge is 2.28. The van der Waals surface area contributed by atoms with Gasteiger partial charge >= 0.3 is 0 Å². The normalized spacial score (nSPS) is 14.5. The molecule has 6 heteroatoms. The van der Waals surface area contributed by atoms with E-state index in [4.69, 9.17) is 8.94 Å². The molecule has 2 rings (SSSR count). The summed E-state index contributed by atoms with van der Waals surface area (Å²) in [6.45, 7) is 10.2. The number of hydrogen-bond acceptors (Lipinski definition) is 5. The molecule has 0 saturated heterocycles. The predicted octanol–water partition coefficient (Wildman–Crippen LogP) is 3.97. The Bertz CT molecular complexity index is 626. The monoisotopic (exact) mass is 319 g/mol. The first-order valence-corrected chi connectivity index (χ1v) is 7.97. The van der Waals surface area contributed by atoms with Crippen molar-refractivity contribution < 1.29 is 13.7 Å². The fourth-order valence-electron chi connectivity index (χ4n) is 2.26. The zero-order valence-corrected chi connectivity index (χ0v) is 14.4. The number of carbonyl (C=O) groups excluding carboxylic acids is 1. The second-order valence-electron chi connectivity index (χ2n) is 7.10. The molecule has 0 fully saturated rings. The van der Waals surface area contributed by atoms with Gasteiger partial charge in [0.2, 0.25) is 17.6 Å². The molecule has 0 aliphatic heterocycles. The Morgan fingerprint density at radius 2 is 2.13 bits per heavy atom. The molecule has 0 bridgehead atoms. The highest BCUT2D eigenvalue weighted by atomic mass is 16.5. The van der Waals surface area contributed by atoms with E-state index >= 15 is 0 Å². The van der Waals surface area contributed by atoms with Crippen LogP contribution in [0.15, 0.2) is 27.3 Å². The minimum absolute atomic E-state index is 0.0134. The summed E-state index contributed by atoms with van der Waals surface area (Å²) in [4.78, 5) is 16.7. The molecule has 0 aliphatic carbocycles. The number of aromatic nitrogens is 2. The van der Waals surface area contributed by atoms with E-state index in [9.17, 15) is 4.79 Å². The lowest BCUT2D eigenvalue weighted by atomic mass is 9.91. The Balaban J connectivity index is 2.17. The van der Waals surface area contributed by atoms with Gasteiger partial charge in [-0.2, -0.15) is 4.98 Å². The third-order valence-corrected chi connectivity index (χ3v) is 3.67. The summed E-state index contributed by atoms with van der Waals surface area (Å²) in [5.74, 6) is 1.52. The second kappa shape index (κ2) is 6.98. The summed E-state index contributed by atoms with van der Waals surface area (Å²) >= 11 is 0. The van der Waals surface area contributed by atoms with Crippen LogP contribution in [0.5, 0.6) is 0 Å². The van der Waals surface area contributed by atoms with Gasteiger partial charge in [-0.25, -0.2) is 0 Å². The Labute approximate surface area is 136 Å². The quantitative estimate of drug-likeness (QED) is 0.871. The molecular formula is C17H25N3O3. The smallest absolute Gasteiger partial charge is 0.249 e. The number of carbonyl (C=O) groups is 1. The van der Waals surface area contributed by atoms with Crippen molar-refractivity contribution in [2.75, 3.05) is 0 Å². The fraction of sp³-hybridized carbons (Fsp3) is 0.588. The first kappa shape index (κ1) is 17.2. The van der Waals surface area contributed by atoms with Crippen molar-refractivity contribution in [1.29, 1.82) is 0 Å². The van der Waals surface area contributed by atoms with Crippen LogP contribution in [0.25, 0.3) is 11.6 Å². The van der Waals surface area contributed by atoms with E-state index in [1.54, 1.807) is 18.4 Å². The molecule has 0 unspecified atom stereocenters.